The van der Waals surface area contributed by atoms with Gasteiger partial charge in [0.2, 0.25) is 0 Å². The molecule has 0 aromatic heterocycles. The number of likely N-dealkylation sites (tertiary alicyclic amines) is 1. The molecule has 1 saturated heterocycles. The van der Waals surface area contributed by atoms with E-state index in [1.54, 1.807) is 7.11 Å². The van der Waals surface area contributed by atoms with Crippen LogP contribution in [0.15, 0.2) is 24.3 Å². The molecule has 6 nitrogen and oxygen atoms in total. The normalized spacial score (nSPS) is 21.4. The number of benzene rings is 1. The van der Waals surface area contributed by atoms with Gasteiger partial charge in [-0.3, -0.25) is 0 Å². The molecule has 1 aromatic rings. The van der Waals surface area contributed by atoms with Gasteiger partial charge in [0.05, 0.1) is 5.60 Å². The molecule has 1 aromatic carbocycles. The molecule has 3 rings (SSSR count). The third-order valence-corrected chi connectivity index (χ3v) is 8.59. The third-order valence-electron chi connectivity index (χ3n) is 8.35. The van der Waals surface area contributed by atoms with Gasteiger partial charge in [-0.1, -0.05) is 55.8 Å². The van der Waals surface area contributed by atoms with Crippen molar-refractivity contribution < 1.29 is 14.3 Å². The Morgan fingerprint density at radius 1 is 1.19 bits per heavy atom. The summed E-state index contributed by atoms with van der Waals surface area (Å²) in [6.07, 6.45) is 12.5. The molecule has 1 heterocycles. The minimum Gasteiger partial charge on any atom is -0.385 e. The SMILES string of the molecule is CCOC(CCCCOC)(c1cccc(Cl)c1)C1CCCN(C(=O)NC(CNC)CC2CCCCC2)C1. The first-order valence-corrected chi connectivity index (χ1v) is 15.0. The minimum absolute atomic E-state index is 0.0663. The van der Waals surface area contributed by atoms with Crippen LogP contribution in [0.1, 0.15) is 83.1 Å². The zero-order valence-electron chi connectivity index (χ0n) is 23.4. The number of carbonyl (C=O) groups excluding carboxylic acids is 1. The molecule has 3 atom stereocenters. The van der Waals surface area contributed by atoms with Crippen LogP contribution in [0.25, 0.3) is 0 Å². The van der Waals surface area contributed by atoms with Crippen molar-refractivity contribution in [1.29, 1.82) is 0 Å². The van der Waals surface area contributed by atoms with Gasteiger partial charge in [-0.25, -0.2) is 4.79 Å². The summed E-state index contributed by atoms with van der Waals surface area (Å²) in [5.74, 6) is 0.927. The maximum absolute atomic E-state index is 13.6. The first kappa shape index (κ1) is 30.2. The van der Waals surface area contributed by atoms with Gasteiger partial charge in [0, 0.05) is 56.9 Å². The summed E-state index contributed by atoms with van der Waals surface area (Å²) >= 11 is 6.46. The van der Waals surface area contributed by atoms with E-state index in [-0.39, 0.29) is 18.0 Å². The Bertz CT molecular complexity index is 804. The van der Waals surface area contributed by atoms with Gasteiger partial charge in [0.15, 0.2) is 0 Å². The average molecular weight is 536 g/mol. The first-order valence-electron chi connectivity index (χ1n) is 14.6. The average Bonchev–Trinajstić information content (AvgIpc) is 2.91. The Balaban J connectivity index is 1.75. The van der Waals surface area contributed by atoms with E-state index < -0.39 is 5.60 Å². The number of rotatable bonds is 14. The molecule has 0 spiro atoms. The highest BCUT2D eigenvalue weighted by Gasteiger charge is 2.43. The number of unbranched alkanes of at least 4 members (excludes halogenated alkanes) is 1. The van der Waals surface area contributed by atoms with Gasteiger partial charge in [0.25, 0.3) is 0 Å². The number of likely N-dealkylation sites (N-methyl/N-ethyl adjacent to an activating group) is 1. The van der Waals surface area contributed by atoms with Crippen molar-refractivity contribution in [2.45, 2.75) is 89.2 Å². The van der Waals surface area contributed by atoms with Crippen molar-refractivity contribution in [3.05, 3.63) is 34.9 Å². The van der Waals surface area contributed by atoms with Crippen molar-refractivity contribution in [1.82, 2.24) is 15.5 Å². The summed E-state index contributed by atoms with van der Waals surface area (Å²) in [6, 6.07) is 8.36. The lowest BCUT2D eigenvalue weighted by atomic mass is 9.73. The third kappa shape index (κ3) is 8.84. The fourth-order valence-electron chi connectivity index (χ4n) is 6.57. The molecule has 1 aliphatic heterocycles. The first-order chi connectivity index (χ1) is 18.0. The predicted molar refractivity (Wildman–Crippen MR) is 152 cm³/mol. The largest absolute Gasteiger partial charge is 0.385 e. The van der Waals surface area contributed by atoms with Crippen LogP contribution >= 0.6 is 11.6 Å². The molecule has 3 unspecified atom stereocenters. The molecule has 2 aliphatic rings. The van der Waals surface area contributed by atoms with E-state index in [2.05, 4.69) is 29.7 Å². The van der Waals surface area contributed by atoms with E-state index in [1.165, 1.54) is 32.1 Å². The van der Waals surface area contributed by atoms with Gasteiger partial charge in [-0.2, -0.15) is 0 Å². The molecule has 2 fully saturated rings. The maximum atomic E-state index is 13.6. The van der Waals surface area contributed by atoms with Crippen molar-refractivity contribution in [2.75, 3.05) is 47.0 Å². The zero-order chi connectivity index (χ0) is 26.5. The second kappa shape index (κ2) is 15.9. The van der Waals surface area contributed by atoms with Gasteiger partial charge in [-0.05, 0) is 76.1 Å². The highest BCUT2D eigenvalue weighted by atomic mass is 35.5. The number of nitrogens with one attached hydrogen (secondary N) is 2. The Labute approximate surface area is 230 Å². The minimum atomic E-state index is -0.473. The molecule has 0 radical (unpaired) electrons. The number of urea groups is 1. The number of halogens is 1. The maximum Gasteiger partial charge on any atom is 0.317 e. The molecule has 37 heavy (non-hydrogen) atoms. The zero-order valence-corrected chi connectivity index (χ0v) is 24.2. The Hall–Kier alpha value is -1.34. The second-order valence-electron chi connectivity index (χ2n) is 11.0. The molecular weight excluding hydrogens is 486 g/mol. The van der Waals surface area contributed by atoms with E-state index >= 15 is 0 Å². The number of hydrogen-bond donors (Lipinski definition) is 2. The topological polar surface area (TPSA) is 62.8 Å². The molecule has 0 bridgehead atoms. The van der Waals surface area contributed by atoms with Crippen molar-refractivity contribution in [3.63, 3.8) is 0 Å². The summed E-state index contributed by atoms with van der Waals surface area (Å²) in [6.45, 7) is 5.72. The van der Waals surface area contributed by atoms with Crippen LogP contribution in [0.4, 0.5) is 4.79 Å². The van der Waals surface area contributed by atoms with Crippen molar-refractivity contribution in [3.8, 4) is 0 Å². The molecule has 1 saturated carbocycles. The Kier molecular flexibility index (Phi) is 13.0. The van der Waals surface area contributed by atoms with Gasteiger partial charge >= 0.3 is 6.03 Å². The number of carbonyl (C=O) groups is 1. The standard InChI is InChI=1S/C30H50ClN3O3/c1-4-37-30(17-8-9-19-36-3,25-14-10-16-27(31)21-25)26-15-11-18-34(23-26)29(35)33-28(22-32-2)20-24-12-6-5-7-13-24/h10,14,16,21,24,26,28,32H,4-9,11-13,15,17-20,22-23H2,1-3H3,(H,33,35). The molecule has 210 valence electrons. The number of amides is 2. The molecule has 1 aliphatic carbocycles. The summed E-state index contributed by atoms with van der Waals surface area (Å²) in [5.41, 5.74) is 0.649. The van der Waals surface area contributed by atoms with Crippen LogP contribution in [0.3, 0.4) is 0 Å². The Morgan fingerprint density at radius 2 is 2.00 bits per heavy atom. The number of nitrogens with zero attached hydrogens (tertiary/aromatic N) is 1. The smallest absolute Gasteiger partial charge is 0.317 e. The highest BCUT2D eigenvalue weighted by Crippen LogP contribution is 2.43. The summed E-state index contributed by atoms with van der Waals surface area (Å²) in [7, 11) is 3.72. The fraction of sp³-hybridized carbons (Fsp3) is 0.767. The lowest BCUT2D eigenvalue weighted by molar-refractivity contribution is -0.110. The lowest BCUT2D eigenvalue weighted by Crippen LogP contribution is -2.54. The van der Waals surface area contributed by atoms with Gasteiger partial charge in [0.1, 0.15) is 0 Å². The number of methoxy groups -OCH3 is 1. The second-order valence-corrected chi connectivity index (χ2v) is 11.4. The van der Waals surface area contributed by atoms with E-state index in [4.69, 9.17) is 21.1 Å². The summed E-state index contributed by atoms with van der Waals surface area (Å²) in [4.78, 5) is 15.6. The predicted octanol–water partition coefficient (Wildman–Crippen LogP) is 6.37. The van der Waals surface area contributed by atoms with Crippen molar-refractivity contribution in [2.24, 2.45) is 11.8 Å². The van der Waals surface area contributed by atoms with Crippen LogP contribution in [0.5, 0.6) is 0 Å². The number of hydrogen-bond acceptors (Lipinski definition) is 4. The Morgan fingerprint density at radius 3 is 2.70 bits per heavy atom. The van der Waals surface area contributed by atoms with Crippen LogP contribution in [0.2, 0.25) is 5.02 Å². The van der Waals surface area contributed by atoms with Crippen LogP contribution < -0.4 is 10.6 Å². The number of piperidine rings is 1. The molecule has 2 N–H and O–H groups in total. The van der Waals surface area contributed by atoms with E-state index in [1.807, 2.05) is 24.1 Å². The molecule has 7 heteroatoms. The fourth-order valence-corrected chi connectivity index (χ4v) is 6.76. The van der Waals surface area contributed by atoms with Crippen molar-refractivity contribution >= 4 is 17.6 Å². The van der Waals surface area contributed by atoms with E-state index in [0.717, 1.165) is 74.7 Å². The highest BCUT2D eigenvalue weighted by molar-refractivity contribution is 6.30. The van der Waals surface area contributed by atoms with Gasteiger partial charge < -0.3 is 25.0 Å². The monoisotopic (exact) mass is 535 g/mol. The summed E-state index contributed by atoms with van der Waals surface area (Å²) in [5, 5.41) is 7.42. The van der Waals surface area contributed by atoms with Crippen LogP contribution in [-0.4, -0.2) is 64.0 Å². The summed E-state index contributed by atoms with van der Waals surface area (Å²) < 4.78 is 12.0. The lowest BCUT2D eigenvalue weighted by Gasteiger charge is -2.46. The van der Waals surface area contributed by atoms with Crippen LogP contribution in [0, 0.1) is 11.8 Å². The molecular formula is C30H50ClN3O3. The van der Waals surface area contributed by atoms with Crippen LogP contribution in [-0.2, 0) is 15.1 Å². The molecule has 2 amide bonds. The van der Waals surface area contributed by atoms with Gasteiger partial charge in [-0.15, -0.1) is 0 Å². The number of ether oxygens (including phenoxy) is 2. The quantitative estimate of drug-likeness (QED) is 0.272. The van der Waals surface area contributed by atoms with E-state index in [0.29, 0.717) is 13.2 Å². The van der Waals surface area contributed by atoms with E-state index in [9.17, 15) is 4.79 Å².